The molecule has 2 aromatic rings. The minimum atomic E-state index is 0.186. The van der Waals surface area contributed by atoms with Gasteiger partial charge in [-0.2, -0.15) is 0 Å². The highest BCUT2D eigenvalue weighted by atomic mass is 16.7. The van der Waals surface area contributed by atoms with Crippen LogP contribution in [0.2, 0.25) is 0 Å². The third-order valence-electron chi connectivity index (χ3n) is 5.37. The third kappa shape index (κ3) is 3.47. The predicted molar refractivity (Wildman–Crippen MR) is 101 cm³/mol. The number of rotatable bonds is 4. The van der Waals surface area contributed by atoms with Crippen LogP contribution in [-0.2, 0) is 4.74 Å². The first-order valence-corrected chi connectivity index (χ1v) is 9.53. The molecule has 1 N–H and O–H groups in total. The van der Waals surface area contributed by atoms with E-state index in [-0.39, 0.29) is 24.8 Å². The van der Waals surface area contributed by atoms with Gasteiger partial charge in [0.25, 0.3) is 0 Å². The lowest BCUT2D eigenvalue weighted by Gasteiger charge is -2.31. The largest absolute Gasteiger partial charge is 0.454 e. The second kappa shape index (κ2) is 7.02. The van der Waals surface area contributed by atoms with Crippen LogP contribution in [-0.4, -0.2) is 49.0 Å². The van der Waals surface area contributed by atoms with Crippen molar-refractivity contribution in [2.24, 2.45) is 0 Å². The Balaban J connectivity index is 1.58. The number of quaternary nitrogens is 1. The Morgan fingerprint density at radius 1 is 1.11 bits per heavy atom. The number of nitrogens with one attached hydrogen (secondary N) is 1. The molecule has 0 unspecified atom stereocenters. The fourth-order valence-corrected chi connectivity index (χ4v) is 4.32. The number of aromatic nitrogens is 1. The van der Waals surface area contributed by atoms with Crippen molar-refractivity contribution in [3.05, 3.63) is 41.2 Å². The number of carbonyl (C=O) groups is 1. The minimum absolute atomic E-state index is 0.186. The maximum atomic E-state index is 13.0. The van der Waals surface area contributed by atoms with Gasteiger partial charge in [0.05, 0.1) is 0 Å². The number of hydrogen-bond acceptors (Lipinski definition) is 4. The van der Waals surface area contributed by atoms with Crippen LogP contribution in [0.25, 0.3) is 5.69 Å². The van der Waals surface area contributed by atoms with E-state index in [1.807, 2.05) is 38.1 Å². The molecule has 1 saturated heterocycles. The van der Waals surface area contributed by atoms with Gasteiger partial charge < -0.3 is 23.7 Å². The van der Waals surface area contributed by atoms with Crippen molar-refractivity contribution in [1.29, 1.82) is 0 Å². The minimum Gasteiger partial charge on any atom is -0.454 e. The number of ether oxygens (including phenoxy) is 3. The molecule has 1 fully saturated rings. The highest BCUT2D eigenvalue weighted by Crippen LogP contribution is 2.34. The van der Waals surface area contributed by atoms with Gasteiger partial charge >= 0.3 is 0 Å². The number of benzene rings is 1. The zero-order valence-corrected chi connectivity index (χ0v) is 16.4. The van der Waals surface area contributed by atoms with Crippen molar-refractivity contribution in [1.82, 2.24) is 4.57 Å². The van der Waals surface area contributed by atoms with E-state index < -0.39 is 0 Å². The normalized spacial score (nSPS) is 24.2. The number of morpholine rings is 1. The van der Waals surface area contributed by atoms with E-state index in [1.165, 1.54) is 4.90 Å². The smallest absolute Gasteiger partial charge is 0.231 e. The van der Waals surface area contributed by atoms with E-state index in [0.717, 1.165) is 47.2 Å². The summed E-state index contributed by atoms with van der Waals surface area (Å²) >= 11 is 0. The van der Waals surface area contributed by atoms with Crippen molar-refractivity contribution in [3.63, 3.8) is 0 Å². The molecule has 3 heterocycles. The predicted octanol–water partition coefficient (Wildman–Crippen LogP) is 1.70. The molecule has 2 aliphatic heterocycles. The summed E-state index contributed by atoms with van der Waals surface area (Å²) in [7, 11) is 0. The van der Waals surface area contributed by atoms with Gasteiger partial charge in [0.2, 0.25) is 12.6 Å². The fraction of sp³-hybridized carbons (Fsp3) is 0.476. The van der Waals surface area contributed by atoms with E-state index in [4.69, 9.17) is 14.2 Å². The monoisotopic (exact) mass is 371 g/mol. The van der Waals surface area contributed by atoms with Crippen molar-refractivity contribution in [2.45, 2.75) is 39.9 Å². The molecule has 0 spiro atoms. The van der Waals surface area contributed by atoms with Gasteiger partial charge in [-0.1, -0.05) is 0 Å². The van der Waals surface area contributed by atoms with Gasteiger partial charge in [-0.05, 0) is 45.9 Å². The van der Waals surface area contributed by atoms with Crippen LogP contribution in [0, 0.1) is 13.8 Å². The van der Waals surface area contributed by atoms with Crippen LogP contribution < -0.4 is 14.4 Å². The van der Waals surface area contributed by atoms with Crippen molar-refractivity contribution in [2.75, 3.05) is 26.4 Å². The first kappa shape index (κ1) is 18.1. The Morgan fingerprint density at radius 2 is 1.81 bits per heavy atom. The molecule has 0 amide bonds. The zero-order valence-electron chi connectivity index (χ0n) is 16.4. The molecule has 0 saturated carbocycles. The van der Waals surface area contributed by atoms with Crippen LogP contribution in [0.4, 0.5) is 0 Å². The second-order valence-electron chi connectivity index (χ2n) is 7.67. The quantitative estimate of drug-likeness (QED) is 0.832. The maximum Gasteiger partial charge on any atom is 0.231 e. The number of carbonyl (C=O) groups excluding carboxylic acids is 1. The van der Waals surface area contributed by atoms with Gasteiger partial charge in [0, 0.05) is 28.7 Å². The maximum absolute atomic E-state index is 13.0. The summed E-state index contributed by atoms with van der Waals surface area (Å²) in [5, 5.41) is 0. The lowest BCUT2D eigenvalue weighted by molar-refractivity contribution is -0.906. The average molecular weight is 371 g/mol. The van der Waals surface area contributed by atoms with Gasteiger partial charge in [-0.3, -0.25) is 4.79 Å². The number of hydrogen-bond donors (Lipinski definition) is 1. The Morgan fingerprint density at radius 3 is 2.56 bits per heavy atom. The Labute approximate surface area is 159 Å². The van der Waals surface area contributed by atoms with E-state index in [1.54, 1.807) is 0 Å². The molecule has 0 aliphatic carbocycles. The number of ketones is 1. The van der Waals surface area contributed by atoms with Crippen LogP contribution in [0.3, 0.4) is 0 Å². The summed E-state index contributed by atoms with van der Waals surface area (Å²) in [4.78, 5) is 14.3. The molecule has 27 heavy (non-hydrogen) atoms. The lowest BCUT2D eigenvalue weighted by atomic mass is 10.1. The van der Waals surface area contributed by atoms with Crippen LogP contribution in [0.15, 0.2) is 24.3 Å². The SMILES string of the molecule is Cc1cc(C(=O)C[NH+]2C[C@@H](C)O[C@H](C)C2)c(C)n1-c1ccc2c(c1)OCO2. The molecule has 4 rings (SSSR count). The molecule has 2 atom stereocenters. The molecule has 144 valence electrons. The molecule has 6 heteroatoms. The summed E-state index contributed by atoms with van der Waals surface area (Å²) in [6, 6.07) is 7.87. The molecule has 1 aromatic carbocycles. The molecular weight excluding hydrogens is 344 g/mol. The van der Waals surface area contributed by atoms with E-state index in [9.17, 15) is 4.79 Å². The number of nitrogens with zero attached hydrogens (tertiary/aromatic N) is 1. The Bertz CT molecular complexity index is 863. The highest BCUT2D eigenvalue weighted by molar-refractivity contribution is 5.98. The summed E-state index contributed by atoms with van der Waals surface area (Å²) < 4.78 is 18.8. The first-order valence-electron chi connectivity index (χ1n) is 9.53. The van der Waals surface area contributed by atoms with Crippen LogP contribution in [0.1, 0.15) is 35.6 Å². The average Bonchev–Trinajstić information content (AvgIpc) is 3.17. The van der Waals surface area contributed by atoms with Gasteiger partial charge in [0.15, 0.2) is 11.5 Å². The molecule has 0 bridgehead atoms. The Kier molecular flexibility index (Phi) is 4.70. The van der Waals surface area contributed by atoms with Gasteiger partial charge in [-0.25, -0.2) is 0 Å². The lowest BCUT2D eigenvalue weighted by Crippen LogP contribution is -3.16. The standard InChI is InChI=1S/C21H26N2O4/c1-13-7-18(19(24)11-22-9-14(2)27-15(3)10-22)16(4)23(13)17-5-6-20-21(8-17)26-12-25-20/h5-8,14-15H,9-12H2,1-4H3/p+1/t14-,15-/m1/s1. The van der Waals surface area contributed by atoms with E-state index in [0.29, 0.717) is 6.54 Å². The molecule has 0 radical (unpaired) electrons. The molecule has 6 nitrogen and oxygen atoms in total. The van der Waals surface area contributed by atoms with Crippen LogP contribution in [0.5, 0.6) is 11.5 Å². The number of fused-ring (bicyclic) bond motifs is 1. The fourth-order valence-electron chi connectivity index (χ4n) is 4.32. The molecule has 1 aromatic heterocycles. The van der Waals surface area contributed by atoms with E-state index in [2.05, 4.69) is 18.4 Å². The number of aryl methyl sites for hydroxylation is 1. The van der Waals surface area contributed by atoms with Crippen molar-refractivity contribution in [3.8, 4) is 17.2 Å². The summed E-state index contributed by atoms with van der Waals surface area (Å²) in [6.07, 6.45) is 0.384. The van der Waals surface area contributed by atoms with Gasteiger partial charge in [-0.15, -0.1) is 0 Å². The van der Waals surface area contributed by atoms with Gasteiger partial charge in [0.1, 0.15) is 31.8 Å². The Hall–Kier alpha value is -2.31. The van der Waals surface area contributed by atoms with Crippen LogP contribution >= 0.6 is 0 Å². The van der Waals surface area contributed by atoms with Crippen molar-refractivity contribution >= 4 is 5.78 Å². The van der Waals surface area contributed by atoms with Crippen molar-refractivity contribution < 1.29 is 23.9 Å². The molecular formula is C21H27N2O4+. The van der Waals surface area contributed by atoms with E-state index >= 15 is 0 Å². The summed E-state index contributed by atoms with van der Waals surface area (Å²) in [5.74, 6) is 1.69. The summed E-state index contributed by atoms with van der Waals surface area (Å²) in [5.41, 5.74) is 3.78. The third-order valence-corrected chi connectivity index (χ3v) is 5.37. The zero-order chi connectivity index (χ0) is 19.1. The first-order chi connectivity index (χ1) is 12.9. The molecule has 2 aliphatic rings. The summed E-state index contributed by atoms with van der Waals surface area (Å²) in [6.45, 7) is 10.7. The second-order valence-corrected chi connectivity index (χ2v) is 7.67. The highest BCUT2D eigenvalue weighted by Gasteiger charge is 2.29. The number of Topliss-reactive ketones (excluding diaryl/α,β-unsaturated/α-hetero) is 1. The topological polar surface area (TPSA) is 54.1 Å².